The van der Waals surface area contributed by atoms with Crippen molar-refractivity contribution >= 4 is 23.3 Å². The molecule has 10 heteroatoms. The number of hydrogen-bond acceptors (Lipinski definition) is 7. The molecule has 3 unspecified atom stereocenters. The molecule has 39 heavy (non-hydrogen) atoms. The predicted octanol–water partition coefficient (Wildman–Crippen LogP) is 4.18. The molecule has 3 aromatic rings. The van der Waals surface area contributed by atoms with Crippen LogP contribution in [-0.2, 0) is 6.54 Å². The zero-order valence-corrected chi connectivity index (χ0v) is 21.7. The molecule has 6 rings (SSSR count). The van der Waals surface area contributed by atoms with Crippen molar-refractivity contribution in [3.63, 3.8) is 0 Å². The number of halogens is 2. The van der Waals surface area contributed by atoms with Gasteiger partial charge in [-0.2, -0.15) is 0 Å². The highest BCUT2D eigenvalue weighted by Crippen LogP contribution is 2.40. The highest BCUT2D eigenvalue weighted by Gasteiger charge is 2.39. The molecule has 0 spiro atoms. The number of hydrogen-bond donors (Lipinski definition) is 2. The van der Waals surface area contributed by atoms with Crippen LogP contribution < -0.4 is 11.1 Å². The van der Waals surface area contributed by atoms with Crippen LogP contribution in [0.1, 0.15) is 46.6 Å². The number of carbonyl (C=O) groups excluding carboxylic acids is 1. The van der Waals surface area contributed by atoms with Gasteiger partial charge in [0.05, 0.1) is 29.6 Å². The van der Waals surface area contributed by atoms with E-state index >= 15 is 0 Å². The smallest absolute Gasteiger partial charge is 0.253 e. The maximum atomic E-state index is 14.7. The van der Waals surface area contributed by atoms with Crippen molar-refractivity contribution in [3.8, 4) is 0 Å². The first-order valence-corrected chi connectivity index (χ1v) is 12.9. The van der Waals surface area contributed by atoms with E-state index in [9.17, 15) is 13.6 Å². The Kier molecular flexibility index (Phi) is 6.14. The summed E-state index contributed by atoms with van der Waals surface area (Å²) < 4.78 is 29.5. The van der Waals surface area contributed by atoms with Gasteiger partial charge in [-0.15, -0.1) is 0 Å². The van der Waals surface area contributed by atoms with Crippen LogP contribution in [0.4, 0.5) is 20.4 Å². The number of likely N-dealkylation sites (tertiary alicyclic amines) is 1. The zero-order valence-electron chi connectivity index (χ0n) is 21.7. The average Bonchev–Trinajstić information content (AvgIpc) is 3.42. The maximum absolute atomic E-state index is 14.7. The van der Waals surface area contributed by atoms with Gasteiger partial charge < -0.3 is 20.9 Å². The third-order valence-corrected chi connectivity index (χ3v) is 7.62. The van der Waals surface area contributed by atoms with Gasteiger partial charge >= 0.3 is 0 Å². The summed E-state index contributed by atoms with van der Waals surface area (Å²) in [4.78, 5) is 30.5. The monoisotopic (exact) mass is 529 g/mol. The summed E-state index contributed by atoms with van der Waals surface area (Å²) in [6.07, 6.45) is 6.27. The van der Waals surface area contributed by atoms with Crippen LogP contribution >= 0.6 is 0 Å². The fraction of sp³-hybridized carbons (Fsp3) is 0.310. The van der Waals surface area contributed by atoms with E-state index in [4.69, 9.17) is 10.7 Å². The summed E-state index contributed by atoms with van der Waals surface area (Å²) in [5.74, 6) is -1.32. The molecule has 1 saturated heterocycles. The molecule has 1 aromatic heterocycles. The number of nitrogens with one attached hydrogen (secondary N) is 1. The summed E-state index contributed by atoms with van der Waals surface area (Å²) in [6.45, 7) is 3.35. The number of nitrogens with two attached hydrogens (primary N) is 1. The molecule has 0 aliphatic carbocycles. The van der Waals surface area contributed by atoms with Crippen LogP contribution in [0, 0.1) is 17.6 Å². The normalized spacial score (nSPS) is 23.8. The molecule has 3 aliphatic rings. The Balaban J connectivity index is 1.24. The highest BCUT2D eigenvalue weighted by molar-refractivity contribution is 6.04. The van der Waals surface area contributed by atoms with Gasteiger partial charge in [0.2, 0.25) is 5.95 Å². The summed E-state index contributed by atoms with van der Waals surface area (Å²) in [5.41, 5.74) is 8.93. The van der Waals surface area contributed by atoms with Gasteiger partial charge in [0.15, 0.2) is 0 Å². The molecule has 1 fully saturated rings. The third-order valence-electron chi connectivity index (χ3n) is 7.62. The molecule has 8 nitrogen and oxygen atoms in total. The number of nitrogens with zero attached hydrogens (tertiary/aromatic N) is 5. The number of aliphatic imine (C=N–C) groups is 1. The van der Waals surface area contributed by atoms with Crippen molar-refractivity contribution in [1.29, 1.82) is 0 Å². The van der Waals surface area contributed by atoms with E-state index in [2.05, 4.69) is 15.3 Å². The van der Waals surface area contributed by atoms with Crippen molar-refractivity contribution in [3.05, 3.63) is 95.0 Å². The quantitative estimate of drug-likeness (QED) is 0.526. The van der Waals surface area contributed by atoms with E-state index in [0.29, 0.717) is 30.3 Å². The third kappa shape index (κ3) is 4.65. The molecule has 4 heterocycles. The molecule has 200 valence electrons. The first kappa shape index (κ1) is 25.1. The average molecular weight is 530 g/mol. The fourth-order valence-electron chi connectivity index (χ4n) is 5.57. The predicted molar refractivity (Wildman–Crippen MR) is 145 cm³/mol. The first-order chi connectivity index (χ1) is 18.7. The summed E-state index contributed by atoms with van der Waals surface area (Å²) in [7, 11) is 1.91. The second-order valence-corrected chi connectivity index (χ2v) is 10.7. The standard InChI is InChI=1S/C29H29F2N7O/c1-29(32)11-13-38(16-29)27(39)17-6-8-19(9-7-17)35-28-34-15-18-14-33-25(23-21(30)4-3-5-22(23)31)20-10-12-37(2)26(20)24(18)36-28/h3-10,12,15,20,26H,11,13-14,16,32H2,1-2H3,(H,34,35,36). The van der Waals surface area contributed by atoms with Crippen LogP contribution in [0.5, 0.6) is 0 Å². The van der Waals surface area contributed by atoms with Crippen molar-refractivity contribution < 1.29 is 13.6 Å². The Morgan fingerprint density at radius 1 is 1.15 bits per heavy atom. The lowest BCUT2D eigenvalue weighted by molar-refractivity contribution is 0.0785. The van der Waals surface area contributed by atoms with Gasteiger partial charge in [-0.1, -0.05) is 12.1 Å². The Bertz CT molecular complexity index is 1480. The maximum Gasteiger partial charge on any atom is 0.253 e. The van der Waals surface area contributed by atoms with Gasteiger partial charge in [0, 0.05) is 54.6 Å². The lowest BCUT2D eigenvalue weighted by Gasteiger charge is -2.27. The second kappa shape index (κ2) is 9.53. The summed E-state index contributed by atoms with van der Waals surface area (Å²) in [6, 6.07) is 10.7. The molecular formula is C29H29F2N7O. The van der Waals surface area contributed by atoms with Crippen LogP contribution in [0.3, 0.4) is 0 Å². The van der Waals surface area contributed by atoms with Gasteiger partial charge in [0.25, 0.3) is 5.91 Å². The SMILES string of the molecule is CN1C=CC2C(c3c(F)cccc3F)=NCc3cnc(Nc4ccc(C(=O)N5CCC(C)(N)C5)cc4)nc3C21. The lowest BCUT2D eigenvalue weighted by Crippen LogP contribution is -2.40. The van der Waals surface area contributed by atoms with Crippen molar-refractivity contribution in [2.75, 3.05) is 25.5 Å². The van der Waals surface area contributed by atoms with Crippen molar-refractivity contribution in [2.24, 2.45) is 16.6 Å². The van der Waals surface area contributed by atoms with E-state index in [1.54, 1.807) is 23.2 Å². The minimum atomic E-state index is -0.640. The molecule has 1 amide bonds. The molecule has 2 aromatic carbocycles. The molecule has 0 radical (unpaired) electrons. The summed E-state index contributed by atoms with van der Waals surface area (Å²) in [5, 5.41) is 3.22. The van der Waals surface area contributed by atoms with Crippen molar-refractivity contribution in [2.45, 2.75) is 31.5 Å². The Morgan fingerprint density at radius 2 is 1.90 bits per heavy atom. The number of carbonyl (C=O) groups is 1. The molecule has 0 saturated carbocycles. The van der Waals surface area contributed by atoms with Crippen molar-refractivity contribution in [1.82, 2.24) is 19.8 Å². The number of benzene rings is 2. The van der Waals surface area contributed by atoms with E-state index in [0.717, 1.165) is 23.4 Å². The van der Waals surface area contributed by atoms with E-state index < -0.39 is 11.6 Å². The number of aromatic nitrogens is 2. The van der Waals surface area contributed by atoms with Gasteiger partial charge in [-0.25, -0.2) is 18.7 Å². The van der Waals surface area contributed by atoms with Crippen LogP contribution in [-0.4, -0.2) is 57.1 Å². The molecule has 3 N–H and O–H groups in total. The molecular weight excluding hydrogens is 500 g/mol. The van der Waals surface area contributed by atoms with Crippen LogP contribution in [0.25, 0.3) is 0 Å². The van der Waals surface area contributed by atoms with Crippen LogP contribution in [0.15, 0.2) is 65.9 Å². The molecule has 3 atom stereocenters. The molecule has 3 aliphatic heterocycles. The zero-order chi connectivity index (χ0) is 27.3. The number of fused-ring (bicyclic) bond motifs is 3. The Labute approximate surface area is 225 Å². The Morgan fingerprint density at radius 3 is 2.59 bits per heavy atom. The van der Waals surface area contributed by atoms with Gasteiger partial charge in [0.1, 0.15) is 11.6 Å². The minimum Gasteiger partial charge on any atom is -0.371 e. The number of rotatable bonds is 4. The number of anilines is 2. The van der Waals surface area contributed by atoms with E-state index in [1.807, 2.05) is 43.3 Å². The van der Waals surface area contributed by atoms with Crippen LogP contribution in [0.2, 0.25) is 0 Å². The van der Waals surface area contributed by atoms with Gasteiger partial charge in [-0.05, 0) is 55.9 Å². The van der Waals surface area contributed by atoms with E-state index in [-0.39, 0.29) is 35.5 Å². The minimum absolute atomic E-state index is 0.0399. The second-order valence-electron chi connectivity index (χ2n) is 10.7. The Hall–Kier alpha value is -4.18. The van der Waals surface area contributed by atoms with E-state index in [1.165, 1.54) is 18.2 Å². The highest BCUT2D eigenvalue weighted by atomic mass is 19.1. The topological polar surface area (TPSA) is 99.7 Å². The number of amides is 1. The molecule has 0 bridgehead atoms. The largest absolute Gasteiger partial charge is 0.371 e. The lowest BCUT2D eigenvalue weighted by atomic mass is 9.89. The summed E-state index contributed by atoms with van der Waals surface area (Å²) >= 11 is 0. The fourth-order valence-corrected chi connectivity index (χ4v) is 5.57. The first-order valence-electron chi connectivity index (χ1n) is 12.9. The van der Waals surface area contributed by atoms with Gasteiger partial charge in [-0.3, -0.25) is 9.79 Å².